The topological polar surface area (TPSA) is 47.1 Å². The molecular weight excluding hydrogens is 188 g/mol. The molecule has 0 bridgehead atoms. The van der Waals surface area contributed by atoms with Crippen LogP contribution in [0.3, 0.4) is 0 Å². The fourth-order valence-corrected chi connectivity index (χ4v) is 2.37. The minimum atomic E-state index is 0.377. The number of imidazole rings is 1. The summed E-state index contributed by atoms with van der Waals surface area (Å²) in [6.45, 7) is 3.19. The molecule has 0 amide bonds. The highest BCUT2D eigenvalue weighted by Gasteiger charge is 2.26. The van der Waals surface area contributed by atoms with E-state index in [2.05, 4.69) is 14.5 Å². The van der Waals surface area contributed by atoms with Crippen LogP contribution in [0, 0.1) is 0 Å². The Kier molecular flexibility index (Phi) is 2.25. The maximum atomic E-state index is 5.90. The van der Waals surface area contributed by atoms with E-state index in [1.165, 1.54) is 18.5 Å². The lowest BCUT2D eigenvalue weighted by Crippen LogP contribution is -2.26. The van der Waals surface area contributed by atoms with Gasteiger partial charge in [0.2, 0.25) is 0 Å². The van der Waals surface area contributed by atoms with E-state index in [4.69, 9.17) is 5.73 Å². The second kappa shape index (κ2) is 3.61. The summed E-state index contributed by atoms with van der Waals surface area (Å²) in [4.78, 5) is 6.68. The molecular formula is C11H18N4. The first kappa shape index (κ1) is 9.36. The average Bonchev–Trinajstić information content (AvgIpc) is 2.83. The molecule has 2 N–H and O–H groups in total. The molecule has 4 heteroatoms. The molecule has 2 fully saturated rings. The van der Waals surface area contributed by atoms with Crippen molar-refractivity contribution < 1.29 is 0 Å². The van der Waals surface area contributed by atoms with Gasteiger partial charge in [-0.1, -0.05) is 0 Å². The van der Waals surface area contributed by atoms with Gasteiger partial charge in [0, 0.05) is 37.9 Å². The molecule has 3 rings (SSSR count). The van der Waals surface area contributed by atoms with Crippen molar-refractivity contribution in [2.75, 3.05) is 13.1 Å². The van der Waals surface area contributed by atoms with Gasteiger partial charge >= 0.3 is 0 Å². The Bertz CT molecular complexity index is 342. The molecule has 1 saturated heterocycles. The standard InChI is InChI=1S/C11H18N4/c12-9-3-4-14(6-9)7-11-5-13-8-15(11)10-1-2-10/h5,8-10H,1-4,6-7,12H2/t9-/m0/s1. The molecule has 0 radical (unpaired) electrons. The van der Waals surface area contributed by atoms with Crippen molar-refractivity contribution in [3.8, 4) is 0 Å². The van der Waals surface area contributed by atoms with E-state index in [0.717, 1.165) is 32.1 Å². The minimum Gasteiger partial charge on any atom is -0.330 e. The summed E-state index contributed by atoms with van der Waals surface area (Å²) in [7, 11) is 0. The van der Waals surface area contributed by atoms with Gasteiger partial charge in [0.15, 0.2) is 0 Å². The second-order valence-electron chi connectivity index (χ2n) is 4.81. The summed E-state index contributed by atoms with van der Waals surface area (Å²) < 4.78 is 2.34. The fourth-order valence-electron chi connectivity index (χ4n) is 2.37. The molecule has 0 aromatic carbocycles. The Labute approximate surface area is 90.1 Å². The van der Waals surface area contributed by atoms with Gasteiger partial charge in [-0.15, -0.1) is 0 Å². The molecule has 2 heterocycles. The van der Waals surface area contributed by atoms with Crippen LogP contribution >= 0.6 is 0 Å². The molecule has 1 atom stereocenters. The minimum absolute atomic E-state index is 0.377. The Morgan fingerprint density at radius 3 is 2.93 bits per heavy atom. The Hall–Kier alpha value is -0.870. The zero-order valence-electron chi connectivity index (χ0n) is 8.97. The van der Waals surface area contributed by atoms with E-state index >= 15 is 0 Å². The van der Waals surface area contributed by atoms with Gasteiger partial charge in [0.25, 0.3) is 0 Å². The first-order valence-electron chi connectivity index (χ1n) is 5.81. The first-order valence-corrected chi connectivity index (χ1v) is 5.81. The van der Waals surface area contributed by atoms with Gasteiger partial charge in [-0.25, -0.2) is 4.98 Å². The maximum absolute atomic E-state index is 5.90. The molecule has 1 aromatic rings. The van der Waals surface area contributed by atoms with Crippen LogP contribution in [0.25, 0.3) is 0 Å². The van der Waals surface area contributed by atoms with E-state index in [0.29, 0.717) is 6.04 Å². The Morgan fingerprint density at radius 2 is 2.27 bits per heavy atom. The number of likely N-dealkylation sites (tertiary alicyclic amines) is 1. The second-order valence-corrected chi connectivity index (χ2v) is 4.81. The van der Waals surface area contributed by atoms with Crippen LogP contribution in [-0.4, -0.2) is 33.6 Å². The lowest BCUT2D eigenvalue weighted by Gasteiger charge is -2.16. The van der Waals surface area contributed by atoms with Crippen LogP contribution in [-0.2, 0) is 6.54 Å². The van der Waals surface area contributed by atoms with Crippen LogP contribution in [0.1, 0.15) is 31.0 Å². The predicted molar refractivity (Wildman–Crippen MR) is 58.4 cm³/mol. The molecule has 1 aromatic heterocycles. The number of aromatic nitrogens is 2. The van der Waals surface area contributed by atoms with Gasteiger partial charge in [0.1, 0.15) is 0 Å². The third-order valence-corrected chi connectivity index (χ3v) is 3.38. The monoisotopic (exact) mass is 206 g/mol. The number of nitrogens with two attached hydrogens (primary N) is 1. The van der Waals surface area contributed by atoms with Crippen LogP contribution in [0.15, 0.2) is 12.5 Å². The van der Waals surface area contributed by atoms with Gasteiger partial charge in [0.05, 0.1) is 12.0 Å². The van der Waals surface area contributed by atoms with E-state index < -0.39 is 0 Å². The van der Waals surface area contributed by atoms with Gasteiger partial charge in [-0.3, -0.25) is 4.90 Å². The third-order valence-electron chi connectivity index (χ3n) is 3.38. The Balaban J connectivity index is 1.68. The number of hydrogen-bond donors (Lipinski definition) is 1. The molecule has 1 aliphatic heterocycles. The summed E-state index contributed by atoms with van der Waals surface area (Å²) in [5.41, 5.74) is 7.25. The van der Waals surface area contributed by atoms with Crippen molar-refractivity contribution in [3.05, 3.63) is 18.2 Å². The van der Waals surface area contributed by atoms with Gasteiger partial charge in [-0.05, 0) is 19.3 Å². The van der Waals surface area contributed by atoms with E-state index in [1.54, 1.807) is 0 Å². The molecule has 1 saturated carbocycles. The highest BCUT2D eigenvalue weighted by atomic mass is 15.2. The van der Waals surface area contributed by atoms with Crippen molar-refractivity contribution in [2.24, 2.45) is 5.73 Å². The number of nitrogens with zero attached hydrogens (tertiary/aromatic N) is 3. The van der Waals surface area contributed by atoms with Crippen LogP contribution in [0.5, 0.6) is 0 Å². The lowest BCUT2D eigenvalue weighted by atomic mass is 10.3. The lowest BCUT2D eigenvalue weighted by molar-refractivity contribution is 0.317. The first-order chi connectivity index (χ1) is 7.33. The molecule has 2 aliphatic rings. The summed E-state index contributed by atoms with van der Waals surface area (Å²) in [6.07, 6.45) is 7.76. The summed E-state index contributed by atoms with van der Waals surface area (Å²) in [5, 5.41) is 0. The van der Waals surface area contributed by atoms with Crippen molar-refractivity contribution in [3.63, 3.8) is 0 Å². The summed E-state index contributed by atoms with van der Waals surface area (Å²) >= 11 is 0. The van der Waals surface area contributed by atoms with E-state index in [9.17, 15) is 0 Å². The fraction of sp³-hybridized carbons (Fsp3) is 0.727. The molecule has 0 unspecified atom stereocenters. The van der Waals surface area contributed by atoms with Gasteiger partial charge < -0.3 is 10.3 Å². The smallest absolute Gasteiger partial charge is 0.0951 e. The predicted octanol–water partition coefficient (Wildman–Crippen LogP) is 0.751. The van der Waals surface area contributed by atoms with Crippen molar-refractivity contribution in [1.29, 1.82) is 0 Å². The third kappa shape index (κ3) is 1.92. The maximum Gasteiger partial charge on any atom is 0.0951 e. The highest BCUT2D eigenvalue weighted by molar-refractivity contribution is 5.04. The average molecular weight is 206 g/mol. The Morgan fingerprint density at radius 1 is 1.40 bits per heavy atom. The van der Waals surface area contributed by atoms with Crippen molar-refractivity contribution in [2.45, 2.75) is 37.9 Å². The number of hydrogen-bond acceptors (Lipinski definition) is 3. The van der Waals surface area contributed by atoms with E-state index in [-0.39, 0.29) is 0 Å². The molecule has 0 spiro atoms. The SMILES string of the molecule is N[C@H]1CCN(Cc2cncn2C2CC2)C1. The summed E-state index contributed by atoms with van der Waals surface area (Å²) in [6, 6.07) is 1.11. The quantitative estimate of drug-likeness (QED) is 0.794. The van der Waals surface area contributed by atoms with E-state index in [1.807, 2.05) is 12.5 Å². The highest BCUT2D eigenvalue weighted by Crippen LogP contribution is 2.35. The molecule has 82 valence electrons. The zero-order valence-corrected chi connectivity index (χ0v) is 8.97. The van der Waals surface area contributed by atoms with Crippen molar-refractivity contribution >= 4 is 0 Å². The molecule has 15 heavy (non-hydrogen) atoms. The van der Waals surface area contributed by atoms with Crippen molar-refractivity contribution in [1.82, 2.24) is 14.5 Å². The van der Waals surface area contributed by atoms with Crippen LogP contribution in [0.4, 0.5) is 0 Å². The molecule has 4 nitrogen and oxygen atoms in total. The van der Waals surface area contributed by atoms with Crippen LogP contribution in [0.2, 0.25) is 0 Å². The summed E-state index contributed by atoms with van der Waals surface area (Å²) in [5.74, 6) is 0. The van der Waals surface area contributed by atoms with Gasteiger partial charge in [-0.2, -0.15) is 0 Å². The largest absolute Gasteiger partial charge is 0.330 e. The normalized spacial score (nSPS) is 27.4. The zero-order chi connectivity index (χ0) is 10.3. The van der Waals surface area contributed by atoms with Crippen LogP contribution < -0.4 is 5.73 Å². The number of rotatable bonds is 3. The molecule has 1 aliphatic carbocycles.